The van der Waals surface area contributed by atoms with Gasteiger partial charge in [0, 0.05) is 5.56 Å². The van der Waals surface area contributed by atoms with E-state index >= 15 is 0 Å². The van der Waals surface area contributed by atoms with Gasteiger partial charge in [-0.25, -0.2) is 0 Å². The highest BCUT2D eigenvalue weighted by atomic mass is 79.9. The maximum atomic E-state index is 11.3. The van der Waals surface area contributed by atoms with Crippen LogP contribution in [0.4, 0.5) is 0 Å². The topological polar surface area (TPSA) is 55.8 Å². The van der Waals surface area contributed by atoms with E-state index in [1.807, 2.05) is 0 Å². The van der Waals surface area contributed by atoms with Gasteiger partial charge in [0.15, 0.2) is 17.3 Å². The standard InChI is InChI=1S/C16H15BrO4/c1-10(19)12-4-6-14(13(17)8-12)21-15-5-3-11(9-18)7-16(15)20-2/h3-8,18H,9H2,1-2H3. The first-order valence-electron chi connectivity index (χ1n) is 6.31. The Morgan fingerprint density at radius 2 is 1.86 bits per heavy atom. The third-order valence-electron chi connectivity index (χ3n) is 2.97. The first-order valence-corrected chi connectivity index (χ1v) is 7.10. The van der Waals surface area contributed by atoms with Crippen molar-refractivity contribution in [2.24, 2.45) is 0 Å². The average molecular weight is 351 g/mol. The minimum atomic E-state index is -0.0619. The molecule has 0 aromatic heterocycles. The minimum absolute atomic E-state index is 0.00729. The number of Topliss-reactive ketones (excluding diaryl/α,β-unsaturated/α-hetero) is 1. The quantitative estimate of drug-likeness (QED) is 0.829. The zero-order valence-corrected chi connectivity index (χ0v) is 13.3. The predicted molar refractivity (Wildman–Crippen MR) is 83.1 cm³/mol. The van der Waals surface area contributed by atoms with E-state index in [4.69, 9.17) is 14.6 Å². The molecule has 0 saturated heterocycles. The van der Waals surface area contributed by atoms with E-state index in [-0.39, 0.29) is 12.4 Å². The molecule has 1 N–H and O–H groups in total. The van der Waals surface area contributed by atoms with E-state index in [0.29, 0.717) is 27.3 Å². The predicted octanol–water partition coefficient (Wildman–Crippen LogP) is 3.94. The van der Waals surface area contributed by atoms with Gasteiger partial charge in [0.1, 0.15) is 5.75 Å². The van der Waals surface area contributed by atoms with Crippen molar-refractivity contribution in [2.45, 2.75) is 13.5 Å². The number of hydrogen-bond acceptors (Lipinski definition) is 4. The molecule has 2 aromatic carbocycles. The zero-order chi connectivity index (χ0) is 15.4. The second-order valence-electron chi connectivity index (χ2n) is 4.45. The molecule has 110 valence electrons. The molecule has 0 aliphatic carbocycles. The Hall–Kier alpha value is -1.85. The molecular formula is C16H15BrO4. The van der Waals surface area contributed by atoms with Crippen LogP contribution in [0.25, 0.3) is 0 Å². The molecule has 0 atom stereocenters. The molecule has 0 radical (unpaired) electrons. The summed E-state index contributed by atoms with van der Waals surface area (Å²) < 4.78 is 11.7. The molecule has 0 spiro atoms. The summed E-state index contributed by atoms with van der Waals surface area (Å²) in [5.74, 6) is 1.64. The van der Waals surface area contributed by atoms with Crippen LogP contribution < -0.4 is 9.47 Å². The van der Waals surface area contributed by atoms with Crippen molar-refractivity contribution in [3.8, 4) is 17.2 Å². The van der Waals surface area contributed by atoms with Crippen molar-refractivity contribution in [1.29, 1.82) is 0 Å². The molecule has 5 heteroatoms. The highest BCUT2D eigenvalue weighted by Gasteiger charge is 2.10. The summed E-state index contributed by atoms with van der Waals surface area (Å²) in [7, 11) is 1.54. The summed E-state index contributed by atoms with van der Waals surface area (Å²) in [5.41, 5.74) is 1.35. The summed E-state index contributed by atoms with van der Waals surface area (Å²) in [6.07, 6.45) is 0. The normalized spacial score (nSPS) is 10.3. The summed E-state index contributed by atoms with van der Waals surface area (Å²) in [5, 5.41) is 9.13. The van der Waals surface area contributed by atoms with Gasteiger partial charge in [-0.1, -0.05) is 6.07 Å². The maximum Gasteiger partial charge on any atom is 0.169 e. The van der Waals surface area contributed by atoms with Crippen LogP contribution in [-0.2, 0) is 6.61 Å². The average Bonchev–Trinajstić information content (AvgIpc) is 2.49. The van der Waals surface area contributed by atoms with Crippen molar-refractivity contribution >= 4 is 21.7 Å². The molecule has 2 rings (SSSR count). The summed E-state index contributed by atoms with van der Waals surface area (Å²) in [4.78, 5) is 11.3. The van der Waals surface area contributed by atoms with Gasteiger partial charge in [0.05, 0.1) is 18.2 Å². The van der Waals surface area contributed by atoms with Crippen LogP contribution in [0, 0.1) is 0 Å². The number of aliphatic hydroxyl groups excluding tert-OH is 1. The maximum absolute atomic E-state index is 11.3. The zero-order valence-electron chi connectivity index (χ0n) is 11.7. The first kappa shape index (κ1) is 15.5. The number of benzene rings is 2. The fourth-order valence-electron chi connectivity index (χ4n) is 1.82. The third kappa shape index (κ3) is 3.62. The van der Waals surface area contributed by atoms with Gasteiger partial charge in [-0.05, 0) is 58.7 Å². The first-order chi connectivity index (χ1) is 10.0. The second-order valence-corrected chi connectivity index (χ2v) is 5.30. The summed E-state index contributed by atoms with van der Waals surface area (Å²) in [6, 6.07) is 10.3. The number of ketones is 1. The van der Waals surface area contributed by atoms with Crippen LogP contribution in [0.2, 0.25) is 0 Å². The van der Waals surface area contributed by atoms with Gasteiger partial charge in [-0.2, -0.15) is 0 Å². The number of hydrogen-bond donors (Lipinski definition) is 1. The van der Waals surface area contributed by atoms with Crippen LogP contribution in [-0.4, -0.2) is 18.0 Å². The Morgan fingerprint density at radius 1 is 1.14 bits per heavy atom. The number of carbonyl (C=O) groups excluding carboxylic acids is 1. The number of rotatable bonds is 5. The van der Waals surface area contributed by atoms with E-state index in [0.717, 1.165) is 5.56 Å². The molecule has 4 nitrogen and oxygen atoms in total. The van der Waals surface area contributed by atoms with Crippen LogP contribution in [0.1, 0.15) is 22.8 Å². The van der Waals surface area contributed by atoms with E-state index in [1.54, 1.807) is 36.4 Å². The van der Waals surface area contributed by atoms with Gasteiger partial charge >= 0.3 is 0 Å². The molecule has 21 heavy (non-hydrogen) atoms. The Kier molecular flexibility index (Phi) is 4.98. The van der Waals surface area contributed by atoms with Crippen molar-refractivity contribution in [3.63, 3.8) is 0 Å². The molecule has 0 fully saturated rings. The van der Waals surface area contributed by atoms with E-state index in [1.165, 1.54) is 14.0 Å². The number of aliphatic hydroxyl groups is 1. The molecule has 0 bridgehead atoms. The largest absolute Gasteiger partial charge is 0.493 e. The highest BCUT2D eigenvalue weighted by molar-refractivity contribution is 9.10. The van der Waals surface area contributed by atoms with Crippen LogP contribution in [0.5, 0.6) is 17.2 Å². The number of halogens is 1. The SMILES string of the molecule is COc1cc(CO)ccc1Oc1ccc(C(C)=O)cc1Br. The van der Waals surface area contributed by atoms with Crippen molar-refractivity contribution in [1.82, 2.24) is 0 Å². The van der Waals surface area contributed by atoms with Gasteiger partial charge < -0.3 is 14.6 Å². The van der Waals surface area contributed by atoms with Gasteiger partial charge in [-0.3, -0.25) is 4.79 Å². The monoisotopic (exact) mass is 350 g/mol. The number of methoxy groups -OCH3 is 1. The lowest BCUT2D eigenvalue weighted by atomic mass is 10.1. The molecule has 0 heterocycles. The Morgan fingerprint density at radius 3 is 2.43 bits per heavy atom. The lowest BCUT2D eigenvalue weighted by Crippen LogP contribution is -1.95. The lowest BCUT2D eigenvalue weighted by Gasteiger charge is -2.13. The highest BCUT2D eigenvalue weighted by Crippen LogP contribution is 2.36. The van der Waals surface area contributed by atoms with Crippen LogP contribution >= 0.6 is 15.9 Å². The van der Waals surface area contributed by atoms with Crippen molar-refractivity contribution < 1.29 is 19.4 Å². The molecule has 0 aliphatic heterocycles. The Labute approximate surface area is 131 Å². The van der Waals surface area contributed by atoms with Gasteiger partial charge in [0.25, 0.3) is 0 Å². The fraction of sp³-hybridized carbons (Fsp3) is 0.188. The molecule has 0 aliphatic rings. The summed E-state index contributed by atoms with van der Waals surface area (Å²) in [6.45, 7) is 1.45. The molecular weight excluding hydrogens is 336 g/mol. The van der Waals surface area contributed by atoms with Gasteiger partial charge in [0.2, 0.25) is 0 Å². The molecule has 0 amide bonds. The molecule has 2 aromatic rings. The number of ether oxygens (including phenoxy) is 2. The minimum Gasteiger partial charge on any atom is -0.493 e. The Bertz CT molecular complexity index is 667. The van der Waals surface area contributed by atoms with Crippen LogP contribution in [0.15, 0.2) is 40.9 Å². The second kappa shape index (κ2) is 6.74. The summed E-state index contributed by atoms with van der Waals surface area (Å²) >= 11 is 3.39. The lowest BCUT2D eigenvalue weighted by molar-refractivity contribution is 0.101. The van der Waals surface area contributed by atoms with Crippen LogP contribution in [0.3, 0.4) is 0 Å². The van der Waals surface area contributed by atoms with Crippen molar-refractivity contribution in [3.05, 3.63) is 52.0 Å². The smallest absolute Gasteiger partial charge is 0.169 e. The van der Waals surface area contributed by atoms with E-state index in [2.05, 4.69) is 15.9 Å². The molecule has 0 unspecified atom stereocenters. The third-order valence-corrected chi connectivity index (χ3v) is 3.59. The van der Waals surface area contributed by atoms with Gasteiger partial charge in [-0.15, -0.1) is 0 Å². The van der Waals surface area contributed by atoms with E-state index in [9.17, 15) is 4.79 Å². The number of carbonyl (C=O) groups is 1. The molecule has 0 saturated carbocycles. The van der Waals surface area contributed by atoms with Crippen molar-refractivity contribution in [2.75, 3.05) is 7.11 Å². The Balaban J connectivity index is 2.32. The fourth-order valence-corrected chi connectivity index (χ4v) is 2.28. The van der Waals surface area contributed by atoms with E-state index < -0.39 is 0 Å².